The fourth-order valence-corrected chi connectivity index (χ4v) is 1.36. The monoisotopic (exact) mass is 231 g/mol. The third kappa shape index (κ3) is 2.37. The van der Waals surface area contributed by atoms with E-state index in [1.165, 1.54) is 36.4 Å². The van der Waals surface area contributed by atoms with Gasteiger partial charge in [0.15, 0.2) is 0 Å². The maximum absolute atomic E-state index is 13.3. The zero-order valence-corrected chi connectivity index (χ0v) is 8.61. The van der Waals surface area contributed by atoms with Crippen molar-refractivity contribution in [1.29, 1.82) is 5.26 Å². The van der Waals surface area contributed by atoms with Gasteiger partial charge in [0.1, 0.15) is 23.3 Å². The van der Waals surface area contributed by atoms with Crippen molar-refractivity contribution in [2.24, 2.45) is 0 Å². The Balaban J connectivity index is 2.37. The summed E-state index contributed by atoms with van der Waals surface area (Å²) in [5, 5.41) is 11.5. The van der Waals surface area contributed by atoms with Crippen LogP contribution in [0, 0.1) is 23.1 Å². The van der Waals surface area contributed by atoms with E-state index in [9.17, 15) is 8.78 Å². The number of nitriles is 1. The highest BCUT2D eigenvalue weighted by molar-refractivity contribution is 5.64. The highest BCUT2D eigenvalue weighted by Crippen LogP contribution is 2.21. The van der Waals surface area contributed by atoms with Gasteiger partial charge in [-0.3, -0.25) is 0 Å². The SMILES string of the molecule is N#Cc1c(F)cccc1Nc1cccc(F)n1. The number of aromatic nitrogens is 1. The van der Waals surface area contributed by atoms with Gasteiger partial charge >= 0.3 is 0 Å². The molecule has 2 aromatic rings. The minimum Gasteiger partial charge on any atom is -0.339 e. The Hall–Kier alpha value is -2.48. The molecule has 0 unspecified atom stereocenters. The largest absolute Gasteiger partial charge is 0.339 e. The van der Waals surface area contributed by atoms with Crippen LogP contribution in [0.4, 0.5) is 20.3 Å². The van der Waals surface area contributed by atoms with Gasteiger partial charge in [-0.2, -0.15) is 9.65 Å². The van der Waals surface area contributed by atoms with Crippen molar-refractivity contribution in [2.45, 2.75) is 0 Å². The van der Waals surface area contributed by atoms with Crippen molar-refractivity contribution in [1.82, 2.24) is 4.98 Å². The zero-order chi connectivity index (χ0) is 12.3. The normalized spacial score (nSPS) is 9.71. The van der Waals surface area contributed by atoms with Crippen LogP contribution in [0.5, 0.6) is 0 Å². The summed E-state index contributed by atoms with van der Waals surface area (Å²) in [6.45, 7) is 0. The van der Waals surface area contributed by atoms with Crippen molar-refractivity contribution in [3.63, 3.8) is 0 Å². The van der Waals surface area contributed by atoms with Gasteiger partial charge in [-0.25, -0.2) is 9.37 Å². The van der Waals surface area contributed by atoms with Crippen LogP contribution in [0.2, 0.25) is 0 Å². The maximum Gasteiger partial charge on any atom is 0.214 e. The third-order valence-corrected chi connectivity index (χ3v) is 2.10. The summed E-state index contributed by atoms with van der Waals surface area (Å²) in [4.78, 5) is 3.56. The van der Waals surface area contributed by atoms with Crippen LogP contribution < -0.4 is 5.32 Å². The van der Waals surface area contributed by atoms with Gasteiger partial charge in [-0.05, 0) is 24.3 Å². The average Bonchev–Trinajstić information content (AvgIpc) is 2.29. The molecule has 84 valence electrons. The molecule has 0 atom stereocenters. The van der Waals surface area contributed by atoms with Gasteiger partial charge in [-0.1, -0.05) is 12.1 Å². The molecule has 1 N–H and O–H groups in total. The number of nitrogens with one attached hydrogen (secondary N) is 1. The van der Waals surface area contributed by atoms with Gasteiger partial charge in [0.05, 0.1) is 5.69 Å². The van der Waals surface area contributed by atoms with Crippen LogP contribution in [0.25, 0.3) is 0 Å². The maximum atomic E-state index is 13.3. The van der Waals surface area contributed by atoms with Crippen LogP contribution in [-0.4, -0.2) is 4.98 Å². The van der Waals surface area contributed by atoms with Gasteiger partial charge in [0.25, 0.3) is 0 Å². The predicted molar refractivity (Wildman–Crippen MR) is 58.6 cm³/mol. The first-order chi connectivity index (χ1) is 8.20. The summed E-state index contributed by atoms with van der Waals surface area (Å²) in [7, 11) is 0. The highest BCUT2D eigenvalue weighted by atomic mass is 19.1. The number of anilines is 2. The minimum atomic E-state index is -0.648. The summed E-state index contributed by atoms with van der Waals surface area (Å²) in [5.41, 5.74) is 0.129. The van der Waals surface area contributed by atoms with Crippen LogP contribution in [-0.2, 0) is 0 Å². The van der Waals surface area contributed by atoms with E-state index in [2.05, 4.69) is 10.3 Å². The third-order valence-electron chi connectivity index (χ3n) is 2.10. The van der Waals surface area contributed by atoms with E-state index in [1.54, 1.807) is 6.07 Å². The van der Waals surface area contributed by atoms with Crippen molar-refractivity contribution < 1.29 is 8.78 Å². The summed E-state index contributed by atoms with van der Waals surface area (Å²) in [6.07, 6.45) is 0. The predicted octanol–water partition coefficient (Wildman–Crippen LogP) is 2.98. The fraction of sp³-hybridized carbons (Fsp3) is 0. The molecule has 0 amide bonds. The van der Waals surface area contributed by atoms with Gasteiger partial charge in [0.2, 0.25) is 5.95 Å². The molecule has 5 heteroatoms. The lowest BCUT2D eigenvalue weighted by molar-refractivity contribution is 0.585. The van der Waals surface area contributed by atoms with E-state index in [-0.39, 0.29) is 17.1 Å². The Morgan fingerprint density at radius 1 is 1.12 bits per heavy atom. The summed E-state index contributed by atoms with van der Waals surface area (Å²) in [5.74, 6) is -1.06. The Bertz CT molecular complexity index is 591. The topological polar surface area (TPSA) is 48.7 Å². The molecule has 1 aromatic heterocycles. The molecular formula is C12H7F2N3. The Kier molecular flexibility index (Phi) is 2.97. The van der Waals surface area contributed by atoms with Crippen LogP contribution in [0.3, 0.4) is 0 Å². The van der Waals surface area contributed by atoms with Crippen molar-refractivity contribution >= 4 is 11.5 Å². The molecule has 2 rings (SSSR count). The molecule has 17 heavy (non-hydrogen) atoms. The van der Waals surface area contributed by atoms with E-state index >= 15 is 0 Å². The number of benzene rings is 1. The second kappa shape index (κ2) is 4.58. The van der Waals surface area contributed by atoms with Crippen molar-refractivity contribution in [2.75, 3.05) is 5.32 Å². The second-order valence-electron chi connectivity index (χ2n) is 3.24. The second-order valence-corrected chi connectivity index (χ2v) is 3.24. The van der Waals surface area contributed by atoms with E-state index in [0.29, 0.717) is 0 Å². The molecule has 0 bridgehead atoms. The van der Waals surface area contributed by atoms with Gasteiger partial charge < -0.3 is 5.32 Å². The van der Waals surface area contributed by atoms with Gasteiger partial charge in [-0.15, -0.1) is 0 Å². The molecule has 0 saturated carbocycles. The first-order valence-electron chi connectivity index (χ1n) is 4.79. The lowest BCUT2D eigenvalue weighted by atomic mass is 10.2. The van der Waals surface area contributed by atoms with Crippen LogP contribution in [0.15, 0.2) is 36.4 Å². The van der Waals surface area contributed by atoms with Crippen LogP contribution in [0.1, 0.15) is 5.56 Å². The average molecular weight is 231 g/mol. The molecule has 0 spiro atoms. The number of halogens is 2. The Morgan fingerprint density at radius 3 is 2.59 bits per heavy atom. The lowest BCUT2D eigenvalue weighted by Gasteiger charge is -2.07. The number of rotatable bonds is 2. The smallest absolute Gasteiger partial charge is 0.214 e. The Labute approximate surface area is 96.3 Å². The molecule has 0 radical (unpaired) electrons. The van der Waals surface area contributed by atoms with Crippen LogP contribution >= 0.6 is 0 Å². The van der Waals surface area contributed by atoms with E-state index in [0.717, 1.165) is 0 Å². The molecule has 1 heterocycles. The number of pyridine rings is 1. The molecule has 0 aliphatic heterocycles. The number of nitrogens with zero attached hydrogens (tertiary/aromatic N) is 2. The van der Waals surface area contributed by atoms with Crippen molar-refractivity contribution in [3.05, 3.63) is 53.7 Å². The quantitative estimate of drug-likeness (QED) is 0.808. The number of hydrogen-bond acceptors (Lipinski definition) is 3. The lowest BCUT2D eigenvalue weighted by Crippen LogP contribution is -1.98. The summed E-state index contributed by atoms with van der Waals surface area (Å²) in [6, 6.07) is 10.1. The van der Waals surface area contributed by atoms with E-state index < -0.39 is 11.8 Å². The van der Waals surface area contributed by atoms with E-state index in [1.807, 2.05) is 0 Å². The first kappa shape index (κ1) is 11.0. The molecule has 0 aliphatic carbocycles. The standard InChI is InChI=1S/C12H7F2N3/c13-9-3-1-4-10(8(9)7-15)16-12-6-2-5-11(14)17-12/h1-6H,(H,16,17). The molecule has 3 nitrogen and oxygen atoms in total. The molecule has 0 saturated heterocycles. The summed E-state index contributed by atoms with van der Waals surface area (Å²) < 4.78 is 26.1. The number of hydrogen-bond donors (Lipinski definition) is 1. The molecule has 1 aromatic carbocycles. The first-order valence-corrected chi connectivity index (χ1v) is 4.79. The van der Waals surface area contributed by atoms with Crippen molar-refractivity contribution in [3.8, 4) is 6.07 Å². The minimum absolute atomic E-state index is 0.126. The molecule has 0 aliphatic rings. The highest BCUT2D eigenvalue weighted by Gasteiger charge is 2.08. The van der Waals surface area contributed by atoms with E-state index in [4.69, 9.17) is 5.26 Å². The molecule has 0 fully saturated rings. The zero-order valence-electron chi connectivity index (χ0n) is 8.61. The fourth-order valence-electron chi connectivity index (χ4n) is 1.36. The summed E-state index contributed by atoms with van der Waals surface area (Å²) >= 11 is 0. The molecular weight excluding hydrogens is 224 g/mol. The Morgan fingerprint density at radius 2 is 1.88 bits per heavy atom. The van der Waals surface area contributed by atoms with Gasteiger partial charge in [0, 0.05) is 0 Å².